The van der Waals surface area contributed by atoms with E-state index in [2.05, 4.69) is 5.32 Å². The molecule has 138 valence electrons. The normalized spacial score (nSPS) is 26.0. The van der Waals surface area contributed by atoms with Crippen molar-refractivity contribution in [2.75, 3.05) is 26.6 Å². The van der Waals surface area contributed by atoms with Gasteiger partial charge in [-0.1, -0.05) is 13.8 Å². The fraction of sp³-hybridized carbons (Fsp3) is 0.611. The number of nitrogens with one attached hydrogen (secondary N) is 1. The Hall–Kier alpha value is -1.99. The number of benzene rings is 1. The van der Waals surface area contributed by atoms with Gasteiger partial charge in [-0.05, 0) is 19.1 Å². The molecular formula is C18H26N2O5. The van der Waals surface area contributed by atoms with Crippen LogP contribution in [0.3, 0.4) is 0 Å². The van der Waals surface area contributed by atoms with Crippen LogP contribution in [0, 0.1) is 5.41 Å². The molecule has 0 bridgehead atoms. The molecule has 0 spiro atoms. The van der Waals surface area contributed by atoms with Crippen molar-refractivity contribution < 1.29 is 23.7 Å². The van der Waals surface area contributed by atoms with E-state index >= 15 is 0 Å². The van der Waals surface area contributed by atoms with Crippen molar-refractivity contribution in [2.24, 2.45) is 11.1 Å². The van der Waals surface area contributed by atoms with Gasteiger partial charge in [-0.25, -0.2) is 0 Å². The van der Waals surface area contributed by atoms with Crippen LogP contribution in [0.25, 0.3) is 0 Å². The summed E-state index contributed by atoms with van der Waals surface area (Å²) in [7, 11) is 0. The first-order valence-electron chi connectivity index (χ1n) is 8.59. The Balaban J connectivity index is 1.45. The van der Waals surface area contributed by atoms with Crippen LogP contribution in [-0.4, -0.2) is 44.1 Å². The highest BCUT2D eigenvalue weighted by atomic mass is 16.7. The van der Waals surface area contributed by atoms with E-state index in [1.165, 1.54) is 0 Å². The fourth-order valence-corrected chi connectivity index (χ4v) is 3.28. The van der Waals surface area contributed by atoms with Crippen LogP contribution >= 0.6 is 0 Å². The molecular weight excluding hydrogens is 324 g/mol. The summed E-state index contributed by atoms with van der Waals surface area (Å²) in [6.45, 7) is 7.46. The summed E-state index contributed by atoms with van der Waals surface area (Å²) in [6, 6.07) is 5.38. The maximum absolute atomic E-state index is 12.5. The molecule has 2 unspecified atom stereocenters. The Kier molecular flexibility index (Phi) is 4.79. The second kappa shape index (κ2) is 6.72. The summed E-state index contributed by atoms with van der Waals surface area (Å²) < 4.78 is 21.9. The molecule has 25 heavy (non-hydrogen) atoms. The first-order chi connectivity index (χ1) is 11.9. The van der Waals surface area contributed by atoms with E-state index in [1.54, 1.807) is 12.1 Å². The molecule has 7 heteroatoms. The van der Waals surface area contributed by atoms with Crippen molar-refractivity contribution in [1.29, 1.82) is 0 Å². The zero-order chi connectivity index (χ0) is 18.1. The lowest BCUT2D eigenvalue weighted by atomic mass is 9.54. The maximum Gasteiger partial charge on any atom is 0.240 e. The second-order valence-corrected chi connectivity index (χ2v) is 6.96. The van der Waals surface area contributed by atoms with Crippen molar-refractivity contribution >= 4 is 5.91 Å². The number of rotatable bonds is 7. The number of nitrogens with two attached hydrogens (primary N) is 1. The summed E-state index contributed by atoms with van der Waals surface area (Å²) in [6.07, 6.45) is 0.543. The minimum Gasteiger partial charge on any atom is -0.492 e. The number of hydrogen-bond donors (Lipinski definition) is 2. The largest absolute Gasteiger partial charge is 0.492 e. The van der Waals surface area contributed by atoms with Gasteiger partial charge in [0.1, 0.15) is 17.9 Å². The summed E-state index contributed by atoms with van der Waals surface area (Å²) in [5.41, 5.74) is 5.03. The van der Waals surface area contributed by atoms with Gasteiger partial charge in [0.05, 0.1) is 12.6 Å². The van der Waals surface area contributed by atoms with E-state index in [9.17, 15) is 4.79 Å². The van der Waals surface area contributed by atoms with Gasteiger partial charge in [0, 0.05) is 24.5 Å². The van der Waals surface area contributed by atoms with Gasteiger partial charge in [0.2, 0.25) is 12.7 Å². The molecule has 1 amide bonds. The van der Waals surface area contributed by atoms with E-state index in [4.69, 9.17) is 24.7 Å². The number of fused-ring (bicyclic) bond motifs is 1. The van der Waals surface area contributed by atoms with Gasteiger partial charge in [0.15, 0.2) is 11.5 Å². The molecule has 1 aliphatic heterocycles. The number of hydrogen-bond acceptors (Lipinski definition) is 6. The average Bonchev–Trinajstić information content (AvgIpc) is 3.05. The minimum absolute atomic E-state index is 0.0122. The lowest BCUT2D eigenvalue weighted by Crippen LogP contribution is -2.75. The Labute approximate surface area is 147 Å². The number of carbonyl (C=O) groups excluding carboxylic acids is 1. The lowest BCUT2D eigenvalue weighted by Gasteiger charge is -2.57. The third-order valence-electron chi connectivity index (χ3n) is 5.24. The molecule has 0 radical (unpaired) electrons. The smallest absolute Gasteiger partial charge is 0.240 e. The number of ether oxygens (including phenoxy) is 4. The molecule has 3 N–H and O–H groups in total. The molecule has 2 atom stereocenters. The SMILES string of the molecule is CCOC1CC(N)(C(=O)NCCOc2ccc3c(c2)OCO3)C1(C)C. The minimum atomic E-state index is -0.911. The molecule has 1 heterocycles. The van der Waals surface area contributed by atoms with E-state index in [0.29, 0.717) is 43.4 Å². The van der Waals surface area contributed by atoms with Crippen molar-refractivity contribution in [2.45, 2.75) is 38.8 Å². The van der Waals surface area contributed by atoms with Crippen LogP contribution in [-0.2, 0) is 9.53 Å². The third-order valence-corrected chi connectivity index (χ3v) is 5.24. The summed E-state index contributed by atoms with van der Waals surface area (Å²) in [5, 5.41) is 2.87. The van der Waals surface area contributed by atoms with Crippen molar-refractivity contribution in [3.05, 3.63) is 18.2 Å². The van der Waals surface area contributed by atoms with Gasteiger partial charge in [0.25, 0.3) is 0 Å². The van der Waals surface area contributed by atoms with Crippen LogP contribution in [0.2, 0.25) is 0 Å². The van der Waals surface area contributed by atoms with Crippen molar-refractivity contribution in [3.8, 4) is 17.2 Å². The van der Waals surface area contributed by atoms with Crippen LogP contribution in [0.4, 0.5) is 0 Å². The van der Waals surface area contributed by atoms with Crippen LogP contribution in [0.5, 0.6) is 17.2 Å². The molecule has 1 fully saturated rings. The Bertz CT molecular complexity index is 648. The Morgan fingerprint density at radius 2 is 2.12 bits per heavy atom. The monoisotopic (exact) mass is 350 g/mol. The molecule has 2 aliphatic rings. The predicted octanol–water partition coefficient (Wildman–Crippen LogP) is 1.44. The topological polar surface area (TPSA) is 92.0 Å². The quantitative estimate of drug-likeness (QED) is 0.723. The predicted molar refractivity (Wildman–Crippen MR) is 91.8 cm³/mol. The number of carbonyl (C=O) groups is 1. The summed E-state index contributed by atoms with van der Waals surface area (Å²) in [4.78, 5) is 12.5. The van der Waals surface area contributed by atoms with E-state index < -0.39 is 11.0 Å². The maximum atomic E-state index is 12.5. The van der Waals surface area contributed by atoms with Crippen LogP contribution < -0.4 is 25.3 Å². The van der Waals surface area contributed by atoms with E-state index in [-0.39, 0.29) is 18.8 Å². The highest BCUT2D eigenvalue weighted by Crippen LogP contribution is 2.49. The van der Waals surface area contributed by atoms with E-state index in [0.717, 1.165) is 0 Å². The summed E-state index contributed by atoms with van der Waals surface area (Å²) >= 11 is 0. The molecule has 1 aromatic rings. The Morgan fingerprint density at radius 3 is 2.84 bits per heavy atom. The van der Waals surface area contributed by atoms with Gasteiger partial charge >= 0.3 is 0 Å². The van der Waals surface area contributed by atoms with Gasteiger partial charge < -0.3 is 30.0 Å². The molecule has 7 nitrogen and oxygen atoms in total. The van der Waals surface area contributed by atoms with Gasteiger partial charge in [-0.2, -0.15) is 0 Å². The molecule has 3 rings (SSSR count). The first-order valence-corrected chi connectivity index (χ1v) is 8.59. The zero-order valence-electron chi connectivity index (χ0n) is 15.0. The lowest BCUT2D eigenvalue weighted by molar-refractivity contribution is -0.170. The molecule has 1 aromatic carbocycles. The molecule has 1 saturated carbocycles. The zero-order valence-corrected chi connectivity index (χ0v) is 15.0. The van der Waals surface area contributed by atoms with E-state index in [1.807, 2.05) is 26.8 Å². The van der Waals surface area contributed by atoms with Gasteiger partial charge in [-0.3, -0.25) is 4.79 Å². The Morgan fingerprint density at radius 1 is 1.36 bits per heavy atom. The van der Waals surface area contributed by atoms with Crippen LogP contribution in [0.1, 0.15) is 27.2 Å². The molecule has 0 aromatic heterocycles. The van der Waals surface area contributed by atoms with Crippen molar-refractivity contribution in [1.82, 2.24) is 5.32 Å². The van der Waals surface area contributed by atoms with Gasteiger partial charge in [-0.15, -0.1) is 0 Å². The average molecular weight is 350 g/mol. The third kappa shape index (κ3) is 3.14. The fourth-order valence-electron chi connectivity index (χ4n) is 3.28. The highest BCUT2D eigenvalue weighted by Gasteiger charge is 2.62. The van der Waals surface area contributed by atoms with Crippen molar-refractivity contribution in [3.63, 3.8) is 0 Å². The molecule has 0 saturated heterocycles. The standard InChI is InChI=1S/C18H26N2O5/c1-4-22-15-10-18(19,17(15,2)3)16(21)20-7-8-23-12-5-6-13-14(9-12)25-11-24-13/h5-6,9,15H,4,7-8,10-11,19H2,1-3H3,(H,20,21). The highest BCUT2D eigenvalue weighted by molar-refractivity contribution is 5.88. The number of amides is 1. The first kappa shape index (κ1) is 17.8. The summed E-state index contributed by atoms with van der Waals surface area (Å²) in [5.74, 6) is 1.88. The second-order valence-electron chi connectivity index (χ2n) is 6.96. The molecule has 1 aliphatic carbocycles. The van der Waals surface area contributed by atoms with Crippen LogP contribution in [0.15, 0.2) is 18.2 Å².